The summed E-state index contributed by atoms with van der Waals surface area (Å²) in [5, 5.41) is 2.87. The largest absolute Gasteiger partial charge is 0.350 e. The highest BCUT2D eigenvalue weighted by Gasteiger charge is 2.16. The zero-order valence-corrected chi connectivity index (χ0v) is 17.7. The summed E-state index contributed by atoms with van der Waals surface area (Å²) in [6.45, 7) is 7.86. The van der Waals surface area contributed by atoms with Gasteiger partial charge in [-0.05, 0) is 61.1 Å². The smallest absolute Gasteiger partial charge is 0.229 e. The lowest BCUT2D eigenvalue weighted by Crippen LogP contribution is -2.27. The Balaban J connectivity index is 2.01. The number of rotatable bonds is 7. The number of halogens is 1. The summed E-state index contributed by atoms with van der Waals surface area (Å²) in [7, 11) is -3.56. The van der Waals surface area contributed by atoms with Crippen molar-refractivity contribution in [1.29, 1.82) is 0 Å². The van der Waals surface area contributed by atoms with E-state index in [1.165, 1.54) is 23.3 Å². The van der Waals surface area contributed by atoms with E-state index in [0.29, 0.717) is 12.0 Å². The third-order valence-corrected chi connectivity index (χ3v) is 5.35. The minimum Gasteiger partial charge on any atom is -0.350 e. The lowest BCUT2D eigenvalue weighted by atomic mass is 9.94. The van der Waals surface area contributed by atoms with Gasteiger partial charge in [0.25, 0.3) is 0 Å². The van der Waals surface area contributed by atoms with Gasteiger partial charge < -0.3 is 5.32 Å². The molecule has 5 nitrogen and oxygen atoms in total. The van der Waals surface area contributed by atoms with Crippen LogP contribution in [-0.2, 0) is 14.8 Å². The molecule has 28 heavy (non-hydrogen) atoms. The van der Waals surface area contributed by atoms with Crippen molar-refractivity contribution in [2.45, 2.75) is 46.1 Å². The number of carbonyl (C=O) groups is 1. The predicted molar refractivity (Wildman–Crippen MR) is 110 cm³/mol. The fourth-order valence-electron chi connectivity index (χ4n) is 2.93. The van der Waals surface area contributed by atoms with Crippen molar-refractivity contribution >= 4 is 21.6 Å². The number of anilines is 1. The summed E-state index contributed by atoms with van der Waals surface area (Å²) < 4.78 is 38.7. The molecule has 0 spiro atoms. The number of sulfonamides is 1. The van der Waals surface area contributed by atoms with E-state index in [0.717, 1.165) is 11.8 Å². The molecule has 2 aromatic rings. The summed E-state index contributed by atoms with van der Waals surface area (Å²) in [4.78, 5) is 12.4. The molecule has 152 valence electrons. The van der Waals surface area contributed by atoms with Crippen molar-refractivity contribution in [2.75, 3.05) is 11.0 Å². The Kier molecular flexibility index (Phi) is 6.82. The Labute approximate surface area is 166 Å². The summed E-state index contributed by atoms with van der Waals surface area (Å²) in [6.07, 6.45) is 1.28. The zero-order chi connectivity index (χ0) is 21.1. The molecule has 7 heteroatoms. The number of aryl methyl sites for hydroxylation is 2. The van der Waals surface area contributed by atoms with Gasteiger partial charge in [-0.15, -0.1) is 0 Å². The van der Waals surface area contributed by atoms with Gasteiger partial charge in [0.05, 0.1) is 18.0 Å². The van der Waals surface area contributed by atoms with E-state index < -0.39 is 21.9 Å². The van der Waals surface area contributed by atoms with Crippen molar-refractivity contribution in [3.05, 3.63) is 64.5 Å². The molecule has 2 N–H and O–H groups in total. The molecule has 0 saturated carbocycles. The summed E-state index contributed by atoms with van der Waals surface area (Å²) in [6, 6.07) is 9.95. The van der Waals surface area contributed by atoms with Crippen LogP contribution in [0, 0.1) is 19.7 Å². The molecular weight excluding hydrogens is 379 g/mol. The number of hydrogen-bond acceptors (Lipinski definition) is 3. The molecule has 0 fully saturated rings. The van der Waals surface area contributed by atoms with Crippen molar-refractivity contribution in [3.63, 3.8) is 0 Å². The van der Waals surface area contributed by atoms with Crippen LogP contribution in [0.3, 0.4) is 0 Å². The Morgan fingerprint density at radius 1 is 1.04 bits per heavy atom. The minimum atomic E-state index is -3.56. The third kappa shape index (κ3) is 6.05. The van der Waals surface area contributed by atoms with Crippen molar-refractivity contribution < 1.29 is 17.6 Å². The fourth-order valence-corrected chi connectivity index (χ4v) is 3.50. The van der Waals surface area contributed by atoms with Crippen LogP contribution in [0.15, 0.2) is 36.4 Å². The second-order valence-electron chi connectivity index (χ2n) is 7.35. The second-order valence-corrected chi connectivity index (χ2v) is 9.10. The first kappa shape index (κ1) is 21.9. The van der Waals surface area contributed by atoms with Gasteiger partial charge in [-0.3, -0.25) is 9.52 Å². The standard InChI is InChI=1S/C21H27FN2O3S/c1-13-6-7-17(10-14(13)2)15(3)11-21(25)23-16(4)18-8-9-20(19(22)12-18)24-28(5,26)27/h6-10,12,15-16,24H,11H2,1-5H3,(H,23,25). The van der Waals surface area contributed by atoms with E-state index >= 15 is 0 Å². The third-order valence-electron chi connectivity index (χ3n) is 4.76. The number of amides is 1. The van der Waals surface area contributed by atoms with Crippen molar-refractivity contribution in [2.24, 2.45) is 0 Å². The van der Waals surface area contributed by atoms with Crippen LogP contribution in [-0.4, -0.2) is 20.6 Å². The van der Waals surface area contributed by atoms with Gasteiger partial charge in [-0.1, -0.05) is 31.2 Å². The molecule has 2 aromatic carbocycles. The normalized spacial score (nSPS) is 13.6. The molecule has 1 amide bonds. The Bertz CT molecular complexity index is 974. The van der Waals surface area contributed by atoms with Crippen LogP contribution in [0.5, 0.6) is 0 Å². The highest BCUT2D eigenvalue weighted by Crippen LogP contribution is 2.24. The van der Waals surface area contributed by atoms with E-state index in [9.17, 15) is 17.6 Å². The molecule has 0 aromatic heterocycles. The van der Waals surface area contributed by atoms with Gasteiger partial charge in [0.15, 0.2) is 0 Å². The van der Waals surface area contributed by atoms with Gasteiger partial charge in [0.2, 0.25) is 15.9 Å². The monoisotopic (exact) mass is 406 g/mol. The quantitative estimate of drug-likeness (QED) is 0.724. The maximum absolute atomic E-state index is 14.1. The van der Waals surface area contributed by atoms with E-state index in [1.54, 1.807) is 13.0 Å². The first-order valence-corrected chi connectivity index (χ1v) is 11.0. The van der Waals surface area contributed by atoms with Gasteiger partial charge >= 0.3 is 0 Å². The first-order valence-electron chi connectivity index (χ1n) is 9.10. The lowest BCUT2D eigenvalue weighted by molar-refractivity contribution is -0.122. The highest BCUT2D eigenvalue weighted by molar-refractivity contribution is 7.92. The highest BCUT2D eigenvalue weighted by atomic mass is 32.2. The Morgan fingerprint density at radius 2 is 1.68 bits per heavy atom. The number of nitrogens with one attached hydrogen (secondary N) is 2. The van der Waals surface area contributed by atoms with Crippen LogP contribution < -0.4 is 10.0 Å². The molecule has 2 atom stereocenters. The topological polar surface area (TPSA) is 75.3 Å². The van der Waals surface area contributed by atoms with E-state index in [-0.39, 0.29) is 17.5 Å². The van der Waals surface area contributed by atoms with E-state index in [1.807, 2.05) is 26.8 Å². The summed E-state index contributed by atoms with van der Waals surface area (Å²) >= 11 is 0. The van der Waals surface area contributed by atoms with Crippen LogP contribution in [0.4, 0.5) is 10.1 Å². The Morgan fingerprint density at radius 3 is 2.25 bits per heavy atom. The van der Waals surface area contributed by atoms with Gasteiger partial charge in [-0.25, -0.2) is 12.8 Å². The number of carbonyl (C=O) groups excluding carboxylic acids is 1. The predicted octanol–water partition coefficient (Wildman–Crippen LogP) is 4.19. The van der Waals surface area contributed by atoms with Crippen molar-refractivity contribution in [3.8, 4) is 0 Å². The molecule has 2 rings (SSSR count). The van der Waals surface area contributed by atoms with E-state index in [2.05, 4.69) is 22.2 Å². The Hall–Kier alpha value is -2.41. The van der Waals surface area contributed by atoms with Crippen LogP contribution in [0.1, 0.15) is 54.5 Å². The average Bonchev–Trinajstić information content (AvgIpc) is 2.57. The van der Waals surface area contributed by atoms with Gasteiger partial charge in [-0.2, -0.15) is 0 Å². The zero-order valence-electron chi connectivity index (χ0n) is 16.8. The van der Waals surface area contributed by atoms with Crippen molar-refractivity contribution in [1.82, 2.24) is 5.32 Å². The van der Waals surface area contributed by atoms with Crippen LogP contribution in [0.25, 0.3) is 0 Å². The van der Waals surface area contributed by atoms with Crippen LogP contribution in [0.2, 0.25) is 0 Å². The molecule has 0 saturated heterocycles. The summed E-state index contributed by atoms with van der Waals surface area (Å²) in [5.41, 5.74) is 3.95. The molecule has 0 bridgehead atoms. The fraction of sp³-hybridized carbons (Fsp3) is 0.381. The van der Waals surface area contributed by atoms with E-state index in [4.69, 9.17) is 0 Å². The summed E-state index contributed by atoms with van der Waals surface area (Å²) in [5.74, 6) is -0.755. The number of benzene rings is 2. The molecule has 0 radical (unpaired) electrons. The maximum atomic E-state index is 14.1. The molecule has 0 aliphatic carbocycles. The van der Waals surface area contributed by atoms with Gasteiger partial charge in [0, 0.05) is 6.42 Å². The van der Waals surface area contributed by atoms with Gasteiger partial charge in [0.1, 0.15) is 5.82 Å². The number of hydrogen-bond donors (Lipinski definition) is 2. The molecule has 0 heterocycles. The lowest BCUT2D eigenvalue weighted by Gasteiger charge is -2.18. The second kappa shape index (κ2) is 8.73. The van der Waals surface area contributed by atoms with Crippen LogP contribution >= 0.6 is 0 Å². The maximum Gasteiger partial charge on any atom is 0.229 e. The minimum absolute atomic E-state index is 0.0598. The molecule has 2 unspecified atom stereocenters. The molecule has 0 aliphatic rings. The SMILES string of the molecule is Cc1ccc(C(C)CC(=O)NC(C)c2ccc(NS(C)(=O)=O)c(F)c2)cc1C. The molecular formula is C21H27FN2O3S. The first-order chi connectivity index (χ1) is 13.0. The average molecular weight is 407 g/mol. The molecule has 0 aliphatic heterocycles.